The number of nitrogens with one attached hydrogen (secondary N) is 1. The highest BCUT2D eigenvalue weighted by Gasteiger charge is 2.30. The van der Waals surface area contributed by atoms with E-state index in [2.05, 4.69) is 17.2 Å². The van der Waals surface area contributed by atoms with Gasteiger partial charge in [-0.2, -0.15) is 13.2 Å². The molecule has 0 radical (unpaired) electrons. The number of benzene rings is 1. The summed E-state index contributed by atoms with van der Waals surface area (Å²) in [6.45, 7) is 4.96. The van der Waals surface area contributed by atoms with Gasteiger partial charge in [0.15, 0.2) is 0 Å². The predicted octanol–water partition coefficient (Wildman–Crippen LogP) is 3.29. The van der Waals surface area contributed by atoms with Crippen molar-refractivity contribution in [2.75, 3.05) is 6.54 Å². The lowest BCUT2D eigenvalue weighted by Gasteiger charge is -2.19. The molecule has 0 saturated heterocycles. The van der Waals surface area contributed by atoms with Gasteiger partial charge in [-0.1, -0.05) is 11.8 Å². The summed E-state index contributed by atoms with van der Waals surface area (Å²) in [6.07, 6.45) is -5.20. The van der Waals surface area contributed by atoms with Gasteiger partial charge in [-0.3, -0.25) is 0 Å². The Bertz CT molecular complexity index is 607. The van der Waals surface area contributed by atoms with Crippen LogP contribution in [0.5, 0.6) is 5.75 Å². The SMILES string of the molecule is CC(C)(C)OC(=O)NCC#Cc1cc(C(F)(F)F)ccc1O. The number of carbonyl (C=O) groups is 1. The molecule has 0 aliphatic carbocycles. The molecule has 0 heterocycles. The first kappa shape index (κ1) is 17.7. The standard InChI is InChI=1S/C15H16F3NO3/c1-14(2,3)22-13(21)19-8-4-5-10-9-11(15(16,17)18)6-7-12(10)20/h6-7,9,20H,8H2,1-3H3,(H,19,21). The Hall–Kier alpha value is -2.36. The maximum Gasteiger partial charge on any atom is 0.416 e. The number of amides is 1. The molecule has 1 aromatic rings. The second-order valence-corrected chi connectivity index (χ2v) is 5.39. The number of phenolic OH excluding ortho intramolecular Hbond substituents is 1. The van der Waals surface area contributed by atoms with Crippen molar-refractivity contribution < 1.29 is 27.8 Å². The van der Waals surface area contributed by atoms with Crippen LogP contribution in [0, 0.1) is 11.8 Å². The summed E-state index contributed by atoms with van der Waals surface area (Å²) in [7, 11) is 0. The van der Waals surface area contributed by atoms with Gasteiger partial charge in [0, 0.05) is 0 Å². The number of rotatable bonds is 1. The summed E-state index contributed by atoms with van der Waals surface area (Å²) in [5.41, 5.74) is -1.73. The van der Waals surface area contributed by atoms with Crippen LogP contribution in [0.4, 0.5) is 18.0 Å². The normalized spacial score (nSPS) is 11.4. The molecule has 22 heavy (non-hydrogen) atoms. The molecule has 7 heteroatoms. The molecule has 1 rings (SSSR count). The van der Waals surface area contributed by atoms with Gasteiger partial charge in [0.05, 0.1) is 17.7 Å². The molecule has 4 nitrogen and oxygen atoms in total. The monoisotopic (exact) mass is 315 g/mol. The number of alkyl halides is 3. The van der Waals surface area contributed by atoms with E-state index < -0.39 is 23.4 Å². The van der Waals surface area contributed by atoms with E-state index in [9.17, 15) is 23.1 Å². The van der Waals surface area contributed by atoms with E-state index in [-0.39, 0.29) is 17.9 Å². The van der Waals surface area contributed by atoms with Crippen molar-refractivity contribution >= 4 is 6.09 Å². The van der Waals surface area contributed by atoms with Crippen LogP contribution in [0.25, 0.3) is 0 Å². The lowest BCUT2D eigenvalue weighted by Crippen LogP contribution is -2.32. The molecule has 0 aliphatic heterocycles. The molecule has 0 bridgehead atoms. The molecule has 0 aliphatic rings. The van der Waals surface area contributed by atoms with Gasteiger partial charge < -0.3 is 15.2 Å². The summed E-state index contributed by atoms with van der Waals surface area (Å²) in [5, 5.41) is 11.8. The first-order valence-electron chi connectivity index (χ1n) is 6.35. The van der Waals surface area contributed by atoms with E-state index in [0.29, 0.717) is 0 Å². The number of carbonyl (C=O) groups excluding carboxylic acids is 1. The van der Waals surface area contributed by atoms with E-state index in [1.165, 1.54) is 0 Å². The topological polar surface area (TPSA) is 58.6 Å². The number of ether oxygens (including phenoxy) is 1. The van der Waals surface area contributed by atoms with Crippen LogP contribution < -0.4 is 5.32 Å². The summed E-state index contributed by atoms with van der Waals surface area (Å²) < 4.78 is 42.6. The molecular formula is C15H16F3NO3. The zero-order valence-electron chi connectivity index (χ0n) is 12.3. The molecule has 0 aromatic heterocycles. The van der Waals surface area contributed by atoms with E-state index in [4.69, 9.17) is 4.74 Å². The summed E-state index contributed by atoms with van der Waals surface area (Å²) >= 11 is 0. The maximum atomic E-state index is 12.5. The van der Waals surface area contributed by atoms with Crippen molar-refractivity contribution in [2.45, 2.75) is 32.5 Å². The second kappa shape index (κ2) is 6.60. The maximum absolute atomic E-state index is 12.5. The number of hydrogen-bond donors (Lipinski definition) is 2. The molecular weight excluding hydrogens is 299 g/mol. The molecule has 0 atom stereocenters. The third-order valence-electron chi connectivity index (χ3n) is 2.27. The van der Waals surface area contributed by atoms with Crippen LogP contribution in [-0.4, -0.2) is 23.3 Å². The minimum Gasteiger partial charge on any atom is -0.507 e. The molecule has 0 unspecified atom stereocenters. The van der Waals surface area contributed by atoms with Gasteiger partial charge in [0.1, 0.15) is 11.4 Å². The van der Waals surface area contributed by atoms with E-state index in [1.807, 2.05) is 0 Å². The fraction of sp³-hybridized carbons (Fsp3) is 0.400. The largest absolute Gasteiger partial charge is 0.507 e. The highest BCUT2D eigenvalue weighted by Crippen LogP contribution is 2.31. The summed E-state index contributed by atoms with van der Waals surface area (Å²) in [4.78, 5) is 11.3. The Morgan fingerprint density at radius 3 is 2.50 bits per heavy atom. The van der Waals surface area contributed by atoms with Crippen LogP contribution in [-0.2, 0) is 10.9 Å². The number of hydrogen-bond acceptors (Lipinski definition) is 3. The third kappa shape index (κ3) is 5.95. The van der Waals surface area contributed by atoms with Crippen LogP contribution in [0.2, 0.25) is 0 Å². The number of halogens is 3. The second-order valence-electron chi connectivity index (χ2n) is 5.39. The lowest BCUT2D eigenvalue weighted by molar-refractivity contribution is -0.137. The Morgan fingerprint density at radius 2 is 1.95 bits per heavy atom. The van der Waals surface area contributed by atoms with Crippen molar-refractivity contribution in [2.24, 2.45) is 0 Å². The summed E-state index contributed by atoms with van der Waals surface area (Å²) in [6, 6.07) is 2.43. The van der Waals surface area contributed by atoms with Crippen molar-refractivity contribution in [1.82, 2.24) is 5.32 Å². The van der Waals surface area contributed by atoms with Crippen LogP contribution in [0.15, 0.2) is 18.2 Å². The molecule has 2 N–H and O–H groups in total. The van der Waals surface area contributed by atoms with E-state index in [1.54, 1.807) is 20.8 Å². The van der Waals surface area contributed by atoms with Crippen molar-refractivity contribution in [3.63, 3.8) is 0 Å². The van der Waals surface area contributed by atoms with Gasteiger partial charge in [-0.15, -0.1) is 0 Å². The number of aromatic hydroxyl groups is 1. The highest BCUT2D eigenvalue weighted by molar-refractivity contribution is 5.68. The fourth-order valence-electron chi connectivity index (χ4n) is 1.38. The van der Waals surface area contributed by atoms with E-state index >= 15 is 0 Å². The van der Waals surface area contributed by atoms with Gasteiger partial charge in [0.2, 0.25) is 0 Å². The van der Waals surface area contributed by atoms with Gasteiger partial charge in [-0.25, -0.2) is 4.79 Å². The molecule has 120 valence electrons. The molecule has 0 fully saturated rings. The predicted molar refractivity (Wildman–Crippen MR) is 74.2 cm³/mol. The Balaban J connectivity index is 2.71. The minimum absolute atomic E-state index is 0.120. The number of phenols is 1. The zero-order chi connectivity index (χ0) is 17.0. The average molecular weight is 315 g/mol. The average Bonchev–Trinajstić information content (AvgIpc) is 2.33. The minimum atomic E-state index is -4.51. The number of alkyl carbamates (subject to hydrolysis) is 1. The van der Waals surface area contributed by atoms with Gasteiger partial charge in [0.25, 0.3) is 0 Å². The Morgan fingerprint density at radius 1 is 1.32 bits per heavy atom. The zero-order valence-corrected chi connectivity index (χ0v) is 12.3. The molecule has 1 amide bonds. The third-order valence-corrected chi connectivity index (χ3v) is 2.27. The first-order chi connectivity index (χ1) is 9.99. The fourth-order valence-corrected chi connectivity index (χ4v) is 1.38. The van der Waals surface area contributed by atoms with Crippen molar-refractivity contribution in [3.8, 4) is 17.6 Å². The van der Waals surface area contributed by atoms with Crippen molar-refractivity contribution in [3.05, 3.63) is 29.3 Å². The van der Waals surface area contributed by atoms with Crippen molar-refractivity contribution in [1.29, 1.82) is 0 Å². The van der Waals surface area contributed by atoms with Crippen LogP contribution >= 0.6 is 0 Å². The van der Waals surface area contributed by atoms with E-state index in [0.717, 1.165) is 18.2 Å². The van der Waals surface area contributed by atoms with Gasteiger partial charge in [-0.05, 0) is 39.0 Å². The van der Waals surface area contributed by atoms with Crippen LogP contribution in [0.1, 0.15) is 31.9 Å². The molecule has 1 aromatic carbocycles. The Labute approximate surface area is 126 Å². The molecule has 0 spiro atoms. The van der Waals surface area contributed by atoms with Gasteiger partial charge >= 0.3 is 12.3 Å². The highest BCUT2D eigenvalue weighted by atomic mass is 19.4. The smallest absolute Gasteiger partial charge is 0.416 e. The summed E-state index contributed by atoms with van der Waals surface area (Å²) in [5.74, 6) is 4.46. The lowest BCUT2D eigenvalue weighted by atomic mass is 10.1. The first-order valence-corrected chi connectivity index (χ1v) is 6.35. The molecule has 0 saturated carbocycles. The quantitative estimate of drug-likeness (QED) is 0.782. The Kier molecular flexibility index (Phi) is 5.31. The van der Waals surface area contributed by atoms with Crippen LogP contribution in [0.3, 0.4) is 0 Å².